The Bertz CT molecular complexity index is 419. The lowest BCUT2D eigenvalue weighted by Crippen LogP contribution is -2.52. The molecule has 1 amide bonds. The first-order chi connectivity index (χ1) is 10.6. The Morgan fingerprint density at radius 2 is 1.74 bits per heavy atom. The van der Waals surface area contributed by atoms with Crippen molar-refractivity contribution >= 4 is 5.91 Å². The van der Waals surface area contributed by atoms with Crippen molar-refractivity contribution in [3.05, 3.63) is 0 Å². The van der Waals surface area contributed by atoms with Crippen LogP contribution in [0.3, 0.4) is 0 Å². The fourth-order valence-corrected chi connectivity index (χ4v) is 4.68. The lowest BCUT2D eigenvalue weighted by atomic mass is 9.67. The van der Waals surface area contributed by atoms with E-state index in [9.17, 15) is 4.79 Å². The van der Waals surface area contributed by atoms with Gasteiger partial charge in [0, 0.05) is 39.1 Å². The highest BCUT2D eigenvalue weighted by molar-refractivity contribution is 5.73. The van der Waals surface area contributed by atoms with Gasteiger partial charge in [0.05, 0.1) is 0 Å². The molecule has 1 aliphatic carbocycles. The smallest absolute Gasteiger partial charge is 0.219 e. The molecule has 0 aromatic carbocycles. The number of amides is 1. The number of likely N-dealkylation sites (tertiary alicyclic amines) is 1. The molecule has 1 saturated carbocycles. The van der Waals surface area contributed by atoms with E-state index in [0.29, 0.717) is 16.9 Å². The van der Waals surface area contributed by atoms with Crippen molar-refractivity contribution in [1.29, 1.82) is 0 Å². The Kier molecular flexibility index (Phi) is 5.50. The number of piperidine rings is 1. The van der Waals surface area contributed by atoms with Crippen LogP contribution in [0.4, 0.5) is 0 Å². The van der Waals surface area contributed by atoms with Gasteiger partial charge in [0.15, 0.2) is 0 Å². The van der Waals surface area contributed by atoms with E-state index in [-0.39, 0.29) is 5.91 Å². The molecular formula is C20H38N2O. The van der Waals surface area contributed by atoms with Crippen LogP contribution < -0.4 is 0 Å². The third-order valence-electron chi connectivity index (χ3n) is 7.28. The predicted molar refractivity (Wildman–Crippen MR) is 97.4 cm³/mol. The summed E-state index contributed by atoms with van der Waals surface area (Å²) in [4.78, 5) is 16.5. The van der Waals surface area contributed by atoms with Crippen LogP contribution in [-0.4, -0.2) is 47.9 Å². The quantitative estimate of drug-likeness (QED) is 0.780. The molecule has 134 valence electrons. The van der Waals surface area contributed by atoms with E-state index in [1.807, 2.05) is 4.90 Å². The van der Waals surface area contributed by atoms with Gasteiger partial charge in [-0.15, -0.1) is 0 Å². The van der Waals surface area contributed by atoms with Crippen LogP contribution in [0.15, 0.2) is 0 Å². The highest BCUT2D eigenvalue weighted by atomic mass is 16.2. The van der Waals surface area contributed by atoms with Gasteiger partial charge >= 0.3 is 0 Å². The van der Waals surface area contributed by atoms with Crippen LogP contribution in [-0.2, 0) is 4.79 Å². The average molecular weight is 323 g/mol. The zero-order valence-electron chi connectivity index (χ0n) is 16.5. The van der Waals surface area contributed by atoms with Crippen LogP contribution in [0.25, 0.3) is 0 Å². The highest BCUT2D eigenvalue weighted by Gasteiger charge is 2.44. The summed E-state index contributed by atoms with van der Waals surface area (Å²) < 4.78 is 0. The van der Waals surface area contributed by atoms with Crippen LogP contribution >= 0.6 is 0 Å². The molecule has 0 spiro atoms. The Balaban J connectivity index is 1.98. The average Bonchev–Trinajstić information content (AvgIpc) is 2.84. The van der Waals surface area contributed by atoms with Crippen molar-refractivity contribution < 1.29 is 4.79 Å². The van der Waals surface area contributed by atoms with Gasteiger partial charge < -0.3 is 4.90 Å². The Hall–Kier alpha value is -0.570. The van der Waals surface area contributed by atoms with E-state index in [4.69, 9.17) is 0 Å². The first kappa shape index (κ1) is 18.8. The summed E-state index contributed by atoms with van der Waals surface area (Å²) in [6, 6.07) is 0.715. The van der Waals surface area contributed by atoms with Gasteiger partial charge in [-0.2, -0.15) is 0 Å². The topological polar surface area (TPSA) is 23.6 Å². The molecule has 3 heteroatoms. The highest BCUT2D eigenvalue weighted by Crippen LogP contribution is 2.45. The molecule has 2 aliphatic rings. The van der Waals surface area contributed by atoms with Crippen LogP contribution in [0.2, 0.25) is 0 Å². The molecule has 0 aromatic rings. The molecule has 2 fully saturated rings. The first-order valence-corrected chi connectivity index (χ1v) is 9.58. The van der Waals surface area contributed by atoms with Gasteiger partial charge in [-0.3, -0.25) is 9.69 Å². The van der Waals surface area contributed by atoms with E-state index >= 15 is 0 Å². The van der Waals surface area contributed by atoms with Crippen molar-refractivity contribution in [2.24, 2.45) is 22.7 Å². The van der Waals surface area contributed by atoms with Crippen molar-refractivity contribution in [3.63, 3.8) is 0 Å². The molecule has 1 aliphatic heterocycles. The first-order valence-electron chi connectivity index (χ1n) is 9.58. The molecular weight excluding hydrogens is 284 g/mol. The van der Waals surface area contributed by atoms with Crippen LogP contribution in [0, 0.1) is 22.7 Å². The molecule has 2 rings (SSSR count). The molecule has 0 N–H and O–H groups in total. The zero-order chi connectivity index (χ0) is 17.4. The van der Waals surface area contributed by atoms with Crippen molar-refractivity contribution in [2.45, 2.75) is 73.8 Å². The molecule has 3 nitrogen and oxygen atoms in total. The van der Waals surface area contributed by atoms with Crippen molar-refractivity contribution in [1.82, 2.24) is 9.80 Å². The van der Waals surface area contributed by atoms with Gasteiger partial charge in [-0.1, -0.05) is 34.6 Å². The Morgan fingerprint density at radius 3 is 2.22 bits per heavy atom. The van der Waals surface area contributed by atoms with E-state index < -0.39 is 0 Å². The summed E-state index contributed by atoms with van der Waals surface area (Å²) in [7, 11) is 0. The van der Waals surface area contributed by atoms with Gasteiger partial charge in [-0.05, 0) is 48.9 Å². The van der Waals surface area contributed by atoms with Gasteiger partial charge in [0.25, 0.3) is 0 Å². The molecule has 0 bridgehead atoms. The second-order valence-corrected chi connectivity index (χ2v) is 9.32. The lowest BCUT2D eigenvalue weighted by molar-refractivity contribution is -0.130. The Morgan fingerprint density at radius 1 is 1.17 bits per heavy atom. The van der Waals surface area contributed by atoms with Gasteiger partial charge in [-0.25, -0.2) is 0 Å². The molecule has 1 saturated heterocycles. The van der Waals surface area contributed by atoms with Crippen molar-refractivity contribution in [3.8, 4) is 0 Å². The maximum atomic E-state index is 11.8. The van der Waals surface area contributed by atoms with Gasteiger partial charge in [0.1, 0.15) is 0 Å². The number of hydrogen-bond donors (Lipinski definition) is 0. The SMILES string of the molecule is CCN(CC1(C)CCC(N2CC(C)C(C)(C)C(C)C2)C1)C(C)=O. The minimum atomic E-state index is 0.221. The monoisotopic (exact) mass is 322 g/mol. The molecule has 1 heterocycles. The minimum absolute atomic E-state index is 0.221. The maximum Gasteiger partial charge on any atom is 0.219 e. The molecule has 4 unspecified atom stereocenters. The summed E-state index contributed by atoms with van der Waals surface area (Å²) >= 11 is 0. The predicted octanol–water partition coefficient (Wildman–Crippen LogP) is 4.03. The number of nitrogens with zero attached hydrogens (tertiary/aromatic N) is 2. The van der Waals surface area contributed by atoms with E-state index in [1.54, 1.807) is 6.92 Å². The van der Waals surface area contributed by atoms with Crippen LogP contribution in [0.1, 0.15) is 67.7 Å². The fourth-order valence-electron chi connectivity index (χ4n) is 4.68. The largest absolute Gasteiger partial charge is 0.343 e. The van der Waals surface area contributed by atoms with Crippen molar-refractivity contribution in [2.75, 3.05) is 26.2 Å². The second kappa shape index (κ2) is 6.74. The number of hydrogen-bond acceptors (Lipinski definition) is 2. The summed E-state index contributed by atoms with van der Waals surface area (Å²) in [5, 5.41) is 0. The molecule has 4 atom stereocenters. The summed E-state index contributed by atoms with van der Waals surface area (Å²) in [6.07, 6.45) is 3.80. The number of carbonyl (C=O) groups excluding carboxylic acids is 1. The minimum Gasteiger partial charge on any atom is -0.343 e. The molecule has 23 heavy (non-hydrogen) atoms. The van der Waals surface area contributed by atoms with E-state index in [0.717, 1.165) is 24.9 Å². The lowest BCUT2D eigenvalue weighted by Gasteiger charge is -2.49. The molecule has 0 aromatic heterocycles. The second-order valence-electron chi connectivity index (χ2n) is 9.32. The third kappa shape index (κ3) is 3.92. The number of carbonyl (C=O) groups is 1. The molecule has 0 radical (unpaired) electrons. The van der Waals surface area contributed by atoms with Gasteiger partial charge in [0.2, 0.25) is 5.91 Å². The standard InChI is InChI=1S/C20H38N2O/c1-8-21(17(4)23)14-20(7)10-9-18(11-20)22-12-15(2)19(5,6)16(3)13-22/h15-16,18H,8-14H2,1-7H3. The van der Waals surface area contributed by atoms with E-state index in [1.165, 1.54) is 32.4 Å². The maximum absolute atomic E-state index is 11.8. The third-order valence-corrected chi connectivity index (χ3v) is 7.28. The van der Waals surface area contributed by atoms with Crippen LogP contribution in [0.5, 0.6) is 0 Å². The fraction of sp³-hybridized carbons (Fsp3) is 0.950. The summed E-state index contributed by atoms with van der Waals surface area (Å²) in [6.45, 7) is 20.1. The number of rotatable bonds is 4. The summed E-state index contributed by atoms with van der Waals surface area (Å²) in [5.74, 6) is 1.73. The normalized spacial score (nSPS) is 37.8. The van der Waals surface area contributed by atoms with E-state index in [2.05, 4.69) is 46.4 Å². The zero-order valence-corrected chi connectivity index (χ0v) is 16.5. The Labute approximate surface area is 143 Å². The summed E-state index contributed by atoms with van der Waals surface area (Å²) in [5.41, 5.74) is 0.748.